The Bertz CT molecular complexity index is 584. The maximum atomic E-state index is 5.74. The topological polar surface area (TPSA) is 69.4 Å². The molecule has 0 saturated carbocycles. The molecule has 5 heteroatoms. The summed E-state index contributed by atoms with van der Waals surface area (Å²) in [4.78, 5) is 4.34. The smallest absolute Gasteiger partial charge is 0.231 e. The van der Waals surface area contributed by atoms with E-state index in [9.17, 15) is 0 Å². The van der Waals surface area contributed by atoms with Crippen LogP contribution >= 0.6 is 0 Å². The summed E-state index contributed by atoms with van der Waals surface area (Å²) in [6, 6.07) is 5.95. The highest BCUT2D eigenvalue weighted by molar-refractivity contribution is 5.94. The van der Waals surface area contributed by atoms with E-state index < -0.39 is 0 Å². The molecular weight excluding hydrogens is 230 g/mol. The lowest BCUT2D eigenvalue weighted by molar-refractivity contribution is 0.174. The fraction of sp³-hybridized carbons (Fsp3) is 0.308. The standard InChI is InChI=1S/C13H15N3O2/c1-8(14)6-16-13-10-5-12-11(17-7-18-12)4-9(10)2-3-15-13/h2-5,8H,6-7,14H2,1H3,(H,15,16). The quantitative estimate of drug-likeness (QED) is 0.861. The van der Waals surface area contributed by atoms with Crippen molar-refractivity contribution in [2.75, 3.05) is 18.7 Å². The van der Waals surface area contributed by atoms with E-state index in [2.05, 4.69) is 10.3 Å². The molecule has 5 nitrogen and oxygen atoms in total. The Balaban J connectivity index is 2.04. The van der Waals surface area contributed by atoms with Gasteiger partial charge in [-0.2, -0.15) is 0 Å². The lowest BCUT2D eigenvalue weighted by atomic mass is 10.1. The van der Waals surface area contributed by atoms with Crippen molar-refractivity contribution in [3.8, 4) is 11.5 Å². The largest absolute Gasteiger partial charge is 0.454 e. The summed E-state index contributed by atoms with van der Waals surface area (Å²) in [6.07, 6.45) is 1.77. The number of hydrogen-bond acceptors (Lipinski definition) is 5. The molecule has 1 aromatic heterocycles. The number of hydrogen-bond donors (Lipinski definition) is 2. The Hall–Kier alpha value is -2.01. The molecule has 0 bridgehead atoms. The van der Waals surface area contributed by atoms with E-state index >= 15 is 0 Å². The van der Waals surface area contributed by atoms with Gasteiger partial charge in [0.1, 0.15) is 5.82 Å². The first kappa shape index (κ1) is 11.1. The van der Waals surface area contributed by atoms with Gasteiger partial charge < -0.3 is 20.5 Å². The fourth-order valence-corrected chi connectivity index (χ4v) is 1.96. The van der Waals surface area contributed by atoms with E-state index in [1.165, 1.54) is 0 Å². The minimum absolute atomic E-state index is 0.0797. The second-order valence-corrected chi connectivity index (χ2v) is 4.44. The third-order valence-electron chi connectivity index (χ3n) is 2.85. The van der Waals surface area contributed by atoms with E-state index in [1.807, 2.05) is 25.1 Å². The van der Waals surface area contributed by atoms with Crippen LogP contribution in [-0.2, 0) is 0 Å². The first-order valence-electron chi connectivity index (χ1n) is 5.92. The summed E-state index contributed by atoms with van der Waals surface area (Å²) in [5.74, 6) is 2.37. The van der Waals surface area contributed by atoms with Gasteiger partial charge in [-0.15, -0.1) is 0 Å². The van der Waals surface area contributed by atoms with E-state index in [0.29, 0.717) is 6.54 Å². The first-order valence-corrected chi connectivity index (χ1v) is 5.92. The second kappa shape index (κ2) is 4.34. The van der Waals surface area contributed by atoms with Gasteiger partial charge in [0.2, 0.25) is 6.79 Å². The molecule has 18 heavy (non-hydrogen) atoms. The number of nitrogens with two attached hydrogens (primary N) is 1. The number of anilines is 1. The highest BCUT2D eigenvalue weighted by Gasteiger charge is 2.15. The molecule has 0 saturated heterocycles. The first-order chi connectivity index (χ1) is 8.74. The van der Waals surface area contributed by atoms with Crippen LogP contribution in [0.15, 0.2) is 24.4 Å². The van der Waals surface area contributed by atoms with Gasteiger partial charge in [0.25, 0.3) is 0 Å². The van der Waals surface area contributed by atoms with Gasteiger partial charge in [-0.05, 0) is 30.5 Å². The number of nitrogens with zero attached hydrogens (tertiary/aromatic N) is 1. The van der Waals surface area contributed by atoms with Crippen LogP contribution in [0, 0.1) is 0 Å². The maximum absolute atomic E-state index is 5.74. The van der Waals surface area contributed by atoms with Gasteiger partial charge in [-0.3, -0.25) is 0 Å². The van der Waals surface area contributed by atoms with Crippen molar-refractivity contribution < 1.29 is 9.47 Å². The average molecular weight is 245 g/mol. The summed E-state index contributed by atoms with van der Waals surface area (Å²) in [5.41, 5.74) is 5.74. The van der Waals surface area contributed by atoms with E-state index in [0.717, 1.165) is 28.1 Å². The van der Waals surface area contributed by atoms with Crippen LogP contribution in [0.2, 0.25) is 0 Å². The van der Waals surface area contributed by atoms with Crippen LogP contribution < -0.4 is 20.5 Å². The average Bonchev–Trinajstić information content (AvgIpc) is 2.80. The molecule has 0 fully saturated rings. The molecule has 0 amide bonds. The molecule has 1 unspecified atom stereocenters. The Kier molecular flexibility index (Phi) is 2.68. The lowest BCUT2D eigenvalue weighted by Gasteiger charge is -2.11. The normalized spacial score (nSPS) is 14.8. The van der Waals surface area contributed by atoms with Crippen LogP contribution in [0.4, 0.5) is 5.82 Å². The van der Waals surface area contributed by atoms with Crippen molar-refractivity contribution in [2.45, 2.75) is 13.0 Å². The summed E-state index contributed by atoms with van der Waals surface area (Å²) in [6.45, 7) is 2.91. The van der Waals surface area contributed by atoms with Crippen molar-refractivity contribution in [1.82, 2.24) is 4.98 Å². The van der Waals surface area contributed by atoms with Crippen LogP contribution in [0.3, 0.4) is 0 Å². The van der Waals surface area contributed by atoms with Crippen molar-refractivity contribution in [3.05, 3.63) is 24.4 Å². The molecule has 3 rings (SSSR count). The monoisotopic (exact) mass is 245 g/mol. The van der Waals surface area contributed by atoms with Crippen molar-refractivity contribution in [2.24, 2.45) is 5.73 Å². The highest BCUT2D eigenvalue weighted by Crippen LogP contribution is 2.37. The highest BCUT2D eigenvalue weighted by atomic mass is 16.7. The van der Waals surface area contributed by atoms with Crippen LogP contribution in [0.1, 0.15) is 6.92 Å². The maximum Gasteiger partial charge on any atom is 0.231 e. The summed E-state index contributed by atoms with van der Waals surface area (Å²) >= 11 is 0. The summed E-state index contributed by atoms with van der Waals surface area (Å²) in [7, 11) is 0. The zero-order chi connectivity index (χ0) is 12.5. The number of fused-ring (bicyclic) bond motifs is 2. The van der Waals surface area contributed by atoms with E-state index in [1.54, 1.807) is 6.20 Å². The van der Waals surface area contributed by atoms with Crippen LogP contribution in [-0.4, -0.2) is 24.4 Å². The Labute approximate surface area is 105 Å². The SMILES string of the molecule is CC(N)CNc1nccc2cc3c(cc12)OCO3. The molecule has 1 aliphatic rings. The molecule has 1 aromatic carbocycles. The van der Waals surface area contributed by atoms with E-state index in [-0.39, 0.29) is 12.8 Å². The van der Waals surface area contributed by atoms with Gasteiger partial charge in [-0.1, -0.05) is 0 Å². The van der Waals surface area contributed by atoms with Crippen molar-refractivity contribution >= 4 is 16.6 Å². The molecule has 94 valence electrons. The lowest BCUT2D eigenvalue weighted by Crippen LogP contribution is -2.25. The third kappa shape index (κ3) is 1.93. The molecule has 2 heterocycles. The molecular formula is C13H15N3O2. The van der Waals surface area contributed by atoms with Gasteiger partial charge in [0.05, 0.1) is 0 Å². The van der Waals surface area contributed by atoms with Gasteiger partial charge >= 0.3 is 0 Å². The number of rotatable bonds is 3. The Morgan fingerprint density at radius 2 is 2.17 bits per heavy atom. The van der Waals surface area contributed by atoms with Crippen LogP contribution in [0.5, 0.6) is 11.5 Å². The minimum atomic E-state index is 0.0797. The number of aromatic nitrogens is 1. The predicted molar refractivity (Wildman–Crippen MR) is 70.0 cm³/mol. The third-order valence-corrected chi connectivity index (χ3v) is 2.85. The second-order valence-electron chi connectivity index (χ2n) is 4.44. The fourth-order valence-electron chi connectivity index (χ4n) is 1.96. The number of ether oxygens (including phenoxy) is 2. The Morgan fingerprint density at radius 1 is 1.39 bits per heavy atom. The van der Waals surface area contributed by atoms with Crippen molar-refractivity contribution in [1.29, 1.82) is 0 Å². The molecule has 1 aliphatic heterocycles. The van der Waals surface area contributed by atoms with Crippen molar-refractivity contribution in [3.63, 3.8) is 0 Å². The molecule has 0 aliphatic carbocycles. The number of benzene rings is 1. The molecule has 3 N–H and O–H groups in total. The number of nitrogens with one attached hydrogen (secondary N) is 1. The zero-order valence-electron chi connectivity index (χ0n) is 10.1. The minimum Gasteiger partial charge on any atom is -0.454 e. The molecule has 0 radical (unpaired) electrons. The molecule has 0 spiro atoms. The Morgan fingerprint density at radius 3 is 2.94 bits per heavy atom. The predicted octanol–water partition coefficient (Wildman–Crippen LogP) is 1.72. The van der Waals surface area contributed by atoms with Crippen LogP contribution in [0.25, 0.3) is 10.8 Å². The van der Waals surface area contributed by atoms with Gasteiger partial charge in [0, 0.05) is 24.2 Å². The summed E-state index contributed by atoms with van der Waals surface area (Å²) < 4.78 is 10.7. The van der Waals surface area contributed by atoms with Gasteiger partial charge in [-0.25, -0.2) is 4.98 Å². The van der Waals surface area contributed by atoms with Gasteiger partial charge in [0.15, 0.2) is 11.5 Å². The zero-order valence-corrected chi connectivity index (χ0v) is 10.1. The molecule has 2 aromatic rings. The van der Waals surface area contributed by atoms with E-state index in [4.69, 9.17) is 15.2 Å². The molecule has 1 atom stereocenters. The summed E-state index contributed by atoms with van der Waals surface area (Å²) in [5, 5.41) is 5.33. The number of pyridine rings is 1.